The van der Waals surface area contributed by atoms with Crippen LogP contribution in [0.3, 0.4) is 0 Å². The first-order valence-corrected chi connectivity index (χ1v) is 7.35. The Kier molecular flexibility index (Phi) is 4.23. The van der Waals surface area contributed by atoms with Gasteiger partial charge in [-0.25, -0.2) is 0 Å². The Bertz CT molecular complexity index is 547. The van der Waals surface area contributed by atoms with Gasteiger partial charge in [0.05, 0.1) is 5.69 Å². The molecule has 0 radical (unpaired) electrons. The number of nitrogens with zero attached hydrogens (tertiary/aromatic N) is 2. The lowest BCUT2D eigenvalue weighted by atomic mass is 10.2. The van der Waals surface area contributed by atoms with Crippen LogP contribution in [0, 0.1) is 0 Å². The molecule has 0 aliphatic carbocycles. The highest BCUT2D eigenvalue weighted by atomic mass is 35.5. The molecule has 3 rings (SSSR count). The topological polar surface area (TPSA) is 41.1 Å². The summed E-state index contributed by atoms with van der Waals surface area (Å²) in [7, 11) is 0. The van der Waals surface area contributed by atoms with E-state index in [1.807, 2.05) is 30.3 Å². The zero-order chi connectivity index (χ0) is 13.8. The van der Waals surface area contributed by atoms with Crippen LogP contribution in [0.5, 0.6) is 5.88 Å². The van der Waals surface area contributed by atoms with Crippen LogP contribution in [0.2, 0.25) is 5.02 Å². The van der Waals surface area contributed by atoms with Gasteiger partial charge >= 0.3 is 0 Å². The molecular formula is C15H18ClN3O. The molecule has 20 heavy (non-hydrogen) atoms. The average molecular weight is 292 g/mol. The molecule has 1 fully saturated rings. The van der Waals surface area contributed by atoms with Gasteiger partial charge < -0.3 is 4.74 Å². The van der Waals surface area contributed by atoms with Crippen LogP contribution in [0.25, 0.3) is 11.3 Å². The summed E-state index contributed by atoms with van der Waals surface area (Å²) in [5.74, 6) is 0.647. The molecule has 1 aromatic carbocycles. The van der Waals surface area contributed by atoms with Crippen LogP contribution in [0.4, 0.5) is 0 Å². The fraction of sp³-hybridized carbons (Fsp3) is 0.400. The van der Waals surface area contributed by atoms with Gasteiger partial charge in [0.1, 0.15) is 6.61 Å². The van der Waals surface area contributed by atoms with Crippen molar-refractivity contribution in [2.45, 2.75) is 12.8 Å². The van der Waals surface area contributed by atoms with Gasteiger partial charge in [0, 0.05) is 17.6 Å². The Morgan fingerprint density at radius 1 is 1.20 bits per heavy atom. The van der Waals surface area contributed by atoms with E-state index in [2.05, 4.69) is 15.1 Å². The third-order valence-corrected chi connectivity index (χ3v) is 3.82. The zero-order valence-corrected chi connectivity index (χ0v) is 12.1. The largest absolute Gasteiger partial charge is 0.475 e. The van der Waals surface area contributed by atoms with Crippen molar-refractivity contribution >= 4 is 11.6 Å². The van der Waals surface area contributed by atoms with Gasteiger partial charge in [0.15, 0.2) is 0 Å². The van der Waals surface area contributed by atoms with Gasteiger partial charge in [0.2, 0.25) is 5.88 Å². The minimum Gasteiger partial charge on any atom is -0.475 e. The molecule has 0 unspecified atom stereocenters. The number of H-pyrrole nitrogens is 1. The third-order valence-electron chi connectivity index (χ3n) is 3.57. The molecule has 4 nitrogen and oxygen atoms in total. The number of benzene rings is 1. The molecule has 0 spiro atoms. The second-order valence-electron chi connectivity index (χ2n) is 5.02. The van der Waals surface area contributed by atoms with Crippen LogP contribution in [-0.4, -0.2) is 41.3 Å². The van der Waals surface area contributed by atoms with E-state index < -0.39 is 0 Å². The monoisotopic (exact) mass is 291 g/mol. The summed E-state index contributed by atoms with van der Waals surface area (Å²) in [5, 5.41) is 7.90. The Morgan fingerprint density at radius 3 is 2.70 bits per heavy atom. The summed E-state index contributed by atoms with van der Waals surface area (Å²) in [6, 6.07) is 9.58. The van der Waals surface area contributed by atoms with Crippen molar-refractivity contribution in [1.82, 2.24) is 15.1 Å². The normalized spacial score (nSPS) is 15.7. The lowest BCUT2D eigenvalue weighted by molar-refractivity contribution is 0.232. The molecule has 1 N–H and O–H groups in total. The van der Waals surface area contributed by atoms with Crippen molar-refractivity contribution < 1.29 is 4.74 Å². The first-order valence-electron chi connectivity index (χ1n) is 6.98. The fourth-order valence-electron chi connectivity index (χ4n) is 2.44. The van der Waals surface area contributed by atoms with E-state index in [1.54, 1.807) is 0 Å². The molecule has 2 heterocycles. The number of aromatic amines is 1. The van der Waals surface area contributed by atoms with Crippen LogP contribution < -0.4 is 4.74 Å². The SMILES string of the molecule is Clc1ccc(-c2cc(OCCN3CCCC3)n[nH]2)cc1. The molecule has 1 saturated heterocycles. The highest BCUT2D eigenvalue weighted by Gasteiger charge is 2.11. The molecule has 0 bridgehead atoms. The number of ether oxygens (including phenoxy) is 1. The highest BCUT2D eigenvalue weighted by molar-refractivity contribution is 6.30. The summed E-state index contributed by atoms with van der Waals surface area (Å²) in [4.78, 5) is 2.42. The first-order chi connectivity index (χ1) is 9.81. The van der Waals surface area contributed by atoms with E-state index in [4.69, 9.17) is 16.3 Å². The lowest BCUT2D eigenvalue weighted by Crippen LogP contribution is -2.25. The maximum atomic E-state index is 5.88. The summed E-state index contributed by atoms with van der Waals surface area (Å²) >= 11 is 5.88. The number of halogens is 1. The second kappa shape index (κ2) is 6.29. The van der Waals surface area contributed by atoms with Crippen molar-refractivity contribution in [2.24, 2.45) is 0 Å². The van der Waals surface area contributed by atoms with Crippen molar-refractivity contribution in [3.63, 3.8) is 0 Å². The van der Waals surface area contributed by atoms with Gasteiger partial charge in [0.25, 0.3) is 0 Å². The van der Waals surface area contributed by atoms with E-state index in [1.165, 1.54) is 25.9 Å². The summed E-state index contributed by atoms with van der Waals surface area (Å²) in [5.41, 5.74) is 1.99. The molecule has 1 aromatic heterocycles. The summed E-state index contributed by atoms with van der Waals surface area (Å²) in [6.07, 6.45) is 2.62. The smallest absolute Gasteiger partial charge is 0.233 e. The van der Waals surface area contributed by atoms with E-state index in [-0.39, 0.29) is 0 Å². The fourth-order valence-corrected chi connectivity index (χ4v) is 2.57. The molecule has 1 aliphatic rings. The predicted molar refractivity (Wildman–Crippen MR) is 80.2 cm³/mol. The lowest BCUT2D eigenvalue weighted by Gasteiger charge is -2.13. The summed E-state index contributed by atoms with van der Waals surface area (Å²) < 4.78 is 5.68. The Hall–Kier alpha value is -1.52. The zero-order valence-electron chi connectivity index (χ0n) is 11.3. The van der Waals surface area contributed by atoms with Crippen LogP contribution in [0.15, 0.2) is 30.3 Å². The number of nitrogens with one attached hydrogen (secondary N) is 1. The van der Waals surface area contributed by atoms with Crippen LogP contribution in [0.1, 0.15) is 12.8 Å². The minimum absolute atomic E-state index is 0.647. The Balaban J connectivity index is 1.55. The number of hydrogen-bond acceptors (Lipinski definition) is 3. The molecule has 2 aromatic rings. The van der Waals surface area contributed by atoms with Gasteiger partial charge in [-0.1, -0.05) is 23.7 Å². The van der Waals surface area contributed by atoms with Crippen molar-refractivity contribution in [3.05, 3.63) is 35.4 Å². The van der Waals surface area contributed by atoms with Gasteiger partial charge in [-0.05, 0) is 43.6 Å². The number of rotatable bonds is 5. The first kappa shape index (κ1) is 13.5. The molecular weight excluding hydrogens is 274 g/mol. The van der Waals surface area contributed by atoms with E-state index >= 15 is 0 Å². The average Bonchev–Trinajstić information content (AvgIpc) is 3.11. The van der Waals surface area contributed by atoms with Crippen LogP contribution in [-0.2, 0) is 0 Å². The van der Waals surface area contributed by atoms with Crippen molar-refractivity contribution in [1.29, 1.82) is 0 Å². The van der Waals surface area contributed by atoms with Gasteiger partial charge in [-0.3, -0.25) is 10.00 Å². The maximum Gasteiger partial charge on any atom is 0.233 e. The molecule has 5 heteroatoms. The summed E-state index contributed by atoms with van der Waals surface area (Å²) in [6.45, 7) is 4.05. The maximum absolute atomic E-state index is 5.88. The van der Waals surface area contributed by atoms with Crippen molar-refractivity contribution in [2.75, 3.05) is 26.2 Å². The molecule has 0 amide bonds. The van der Waals surface area contributed by atoms with Gasteiger partial charge in [-0.2, -0.15) is 0 Å². The molecule has 0 saturated carbocycles. The predicted octanol–water partition coefficient (Wildman–Crippen LogP) is 3.20. The number of likely N-dealkylation sites (tertiary alicyclic amines) is 1. The molecule has 1 aliphatic heterocycles. The van der Waals surface area contributed by atoms with Gasteiger partial charge in [-0.15, -0.1) is 5.10 Å². The quantitative estimate of drug-likeness (QED) is 0.920. The molecule has 106 valence electrons. The minimum atomic E-state index is 0.647. The number of hydrogen-bond donors (Lipinski definition) is 1. The van der Waals surface area contributed by atoms with Crippen molar-refractivity contribution in [3.8, 4) is 17.1 Å². The van der Waals surface area contributed by atoms with Crippen LogP contribution >= 0.6 is 11.6 Å². The molecule has 0 atom stereocenters. The number of aromatic nitrogens is 2. The van der Waals surface area contributed by atoms with E-state index in [0.29, 0.717) is 12.5 Å². The second-order valence-corrected chi connectivity index (χ2v) is 5.46. The highest BCUT2D eigenvalue weighted by Crippen LogP contribution is 2.22. The standard InChI is InChI=1S/C15H18ClN3O/c16-13-5-3-12(4-6-13)14-11-15(18-17-14)20-10-9-19-7-1-2-8-19/h3-6,11H,1-2,7-10H2,(H,17,18). The Labute approximate surface area is 123 Å². The van der Waals surface area contributed by atoms with E-state index in [0.717, 1.165) is 22.8 Å². The van der Waals surface area contributed by atoms with E-state index in [9.17, 15) is 0 Å². The Morgan fingerprint density at radius 2 is 1.95 bits per heavy atom. The third kappa shape index (κ3) is 3.32.